The maximum Gasteiger partial charge on any atom is 0.247 e. The van der Waals surface area contributed by atoms with Gasteiger partial charge in [0, 0.05) is 38.6 Å². The van der Waals surface area contributed by atoms with E-state index in [1.165, 1.54) is 0 Å². The number of fused-ring (bicyclic) bond motifs is 1. The molecule has 3 aromatic heterocycles. The van der Waals surface area contributed by atoms with Crippen LogP contribution in [0.25, 0.3) is 16.8 Å². The number of anilines is 2. The molecule has 3 aromatic rings. The minimum absolute atomic E-state index is 0.0631. The largest absolute Gasteiger partial charge is 0.376 e. The van der Waals surface area contributed by atoms with Crippen molar-refractivity contribution >= 4 is 22.8 Å². The molecule has 1 aliphatic heterocycles. The Balaban J connectivity index is 1.53. The van der Waals surface area contributed by atoms with Crippen LogP contribution in [0.3, 0.4) is 0 Å². The molecule has 0 N–H and O–H groups in total. The van der Waals surface area contributed by atoms with Crippen molar-refractivity contribution in [3.8, 4) is 17.3 Å². The second kappa shape index (κ2) is 6.31. The summed E-state index contributed by atoms with van der Waals surface area (Å²) in [6, 6.07) is 10.2. The van der Waals surface area contributed by atoms with E-state index in [4.69, 9.17) is 0 Å². The molecule has 1 amide bonds. The minimum atomic E-state index is -0.848. The number of carbonyl (C=O) groups is 1. The third-order valence-electron chi connectivity index (χ3n) is 6.17. The number of hydrogen-bond donors (Lipinski definition) is 0. The van der Waals surface area contributed by atoms with E-state index < -0.39 is 5.41 Å². The van der Waals surface area contributed by atoms with Gasteiger partial charge in [0.1, 0.15) is 5.41 Å². The first-order valence-corrected chi connectivity index (χ1v) is 9.88. The molecule has 0 bridgehead atoms. The van der Waals surface area contributed by atoms with Crippen LogP contribution < -0.4 is 9.80 Å². The van der Waals surface area contributed by atoms with E-state index in [-0.39, 0.29) is 11.8 Å². The summed E-state index contributed by atoms with van der Waals surface area (Å²) in [4.78, 5) is 21.6. The second-order valence-corrected chi connectivity index (χ2v) is 8.14. The number of aromatic nitrogens is 3. The van der Waals surface area contributed by atoms with Crippen molar-refractivity contribution in [3.05, 3.63) is 42.9 Å². The van der Waals surface area contributed by atoms with Crippen LogP contribution in [0.2, 0.25) is 0 Å². The van der Waals surface area contributed by atoms with Gasteiger partial charge in [0.05, 0.1) is 34.9 Å². The summed E-state index contributed by atoms with van der Waals surface area (Å²) in [5.74, 6) is 0.149. The fourth-order valence-electron chi connectivity index (χ4n) is 4.31. The molecule has 1 atom stereocenters. The van der Waals surface area contributed by atoms with Crippen molar-refractivity contribution < 1.29 is 4.79 Å². The van der Waals surface area contributed by atoms with Crippen LogP contribution in [0, 0.1) is 22.7 Å². The van der Waals surface area contributed by atoms with Crippen molar-refractivity contribution in [1.82, 2.24) is 14.6 Å². The fraction of sp³-hybridized carbons (Fsp3) is 0.364. The van der Waals surface area contributed by atoms with Crippen LogP contribution >= 0.6 is 0 Å². The molecule has 0 spiro atoms. The predicted octanol–water partition coefficient (Wildman–Crippen LogP) is 3.12. The lowest BCUT2D eigenvalue weighted by Gasteiger charge is -2.21. The Morgan fingerprint density at radius 3 is 2.76 bits per heavy atom. The van der Waals surface area contributed by atoms with Crippen molar-refractivity contribution in [2.24, 2.45) is 11.3 Å². The van der Waals surface area contributed by atoms with Crippen molar-refractivity contribution in [2.75, 3.05) is 30.4 Å². The zero-order valence-electron chi connectivity index (χ0n) is 16.5. The molecule has 0 aromatic carbocycles. The van der Waals surface area contributed by atoms with Crippen molar-refractivity contribution in [1.29, 1.82) is 5.26 Å². The summed E-state index contributed by atoms with van der Waals surface area (Å²) in [6.07, 6.45) is 8.02. The van der Waals surface area contributed by atoms with Crippen LogP contribution in [0.5, 0.6) is 0 Å². The number of pyridine rings is 1. The van der Waals surface area contributed by atoms with Crippen LogP contribution in [0.4, 0.5) is 11.4 Å². The van der Waals surface area contributed by atoms with E-state index in [2.05, 4.69) is 16.2 Å². The predicted molar refractivity (Wildman–Crippen MR) is 110 cm³/mol. The van der Waals surface area contributed by atoms with E-state index >= 15 is 0 Å². The van der Waals surface area contributed by atoms with Crippen LogP contribution in [0.15, 0.2) is 42.9 Å². The molecule has 1 aliphatic carbocycles. The summed E-state index contributed by atoms with van der Waals surface area (Å²) in [5, 5.41) is 14.2. The molecule has 7 heteroatoms. The maximum atomic E-state index is 13.2. The third-order valence-corrected chi connectivity index (χ3v) is 6.17. The van der Waals surface area contributed by atoms with Gasteiger partial charge >= 0.3 is 0 Å². The molecule has 1 saturated heterocycles. The van der Waals surface area contributed by atoms with Gasteiger partial charge in [-0.25, -0.2) is 4.52 Å². The highest BCUT2D eigenvalue weighted by atomic mass is 16.2. The van der Waals surface area contributed by atoms with Crippen molar-refractivity contribution in [2.45, 2.75) is 19.3 Å². The van der Waals surface area contributed by atoms with Gasteiger partial charge in [0.15, 0.2) is 0 Å². The molecule has 29 heavy (non-hydrogen) atoms. The third kappa shape index (κ3) is 2.67. The first kappa shape index (κ1) is 17.7. The molecular weight excluding hydrogens is 364 g/mol. The summed E-state index contributed by atoms with van der Waals surface area (Å²) in [7, 11) is 3.96. The minimum Gasteiger partial charge on any atom is -0.376 e. The standard InChI is InChI=1S/C22H22N6O/c1-26(2)17-5-6-18(24-12-17)15-11-20-19(7-9-25-28(20)13-15)27-10-8-22(14-23,21(27)29)16-3-4-16/h5-7,9,11-13,16H,3-4,8,10H2,1-2H3/t22-/m1/s1. The van der Waals surface area contributed by atoms with E-state index in [1.807, 2.05) is 55.7 Å². The molecule has 2 aliphatic rings. The van der Waals surface area contributed by atoms with Crippen LogP contribution in [-0.4, -0.2) is 41.1 Å². The Labute approximate surface area is 169 Å². The maximum absolute atomic E-state index is 13.2. The van der Waals surface area contributed by atoms with Gasteiger partial charge < -0.3 is 9.80 Å². The van der Waals surface area contributed by atoms with E-state index in [0.29, 0.717) is 13.0 Å². The van der Waals surface area contributed by atoms with E-state index in [0.717, 1.165) is 41.0 Å². The Kier molecular flexibility index (Phi) is 3.85. The van der Waals surface area contributed by atoms with Gasteiger partial charge in [-0.05, 0) is 49.4 Å². The molecule has 146 valence electrons. The molecule has 1 saturated carbocycles. The summed E-state index contributed by atoms with van der Waals surface area (Å²) >= 11 is 0. The monoisotopic (exact) mass is 386 g/mol. The molecule has 0 radical (unpaired) electrons. The average molecular weight is 386 g/mol. The summed E-state index contributed by atoms with van der Waals surface area (Å²) < 4.78 is 1.78. The first-order valence-electron chi connectivity index (χ1n) is 9.88. The van der Waals surface area contributed by atoms with Crippen LogP contribution in [0.1, 0.15) is 19.3 Å². The fourth-order valence-corrected chi connectivity index (χ4v) is 4.31. The Bertz CT molecular complexity index is 1140. The van der Waals surface area contributed by atoms with Gasteiger partial charge in [0.25, 0.3) is 0 Å². The van der Waals surface area contributed by atoms with Crippen LogP contribution in [-0.2, 0) is 4.79 Å². The topological polar surface area (TPSA) is 77.5 Å². The number of nitriles is 1. The highest BCUT2D eigenvalue weighted by Crippen LogP contribution is 2.52. The average Bonchev–Trinajstić information content (AvgIpc) is 3.40. The summed E-state index contributed by atoms with van der Waals surface area (Å²) in [6.45, 7) is 0.568. The van der Waals surface area contributed by atoms with Gasteiger partial charge in [-0.1, -0.05) is 0 Å². The van der Waals surface area contributed by atoms with Gasteiger partial charge in [-0.15, -0.1) is 0 Å². The van der Waals surface area contributed by atoms with Crippen molar-refractivity contribution in [3.63, 3.8) is 0 Å². The molecular formula is C22H22N6O. The van der Waals surface area contributed by atoms with E-state index in [1.54, 1.807) is 15.6 Å². The summed E-state index contributed by atoms with van der Waals surface area (Å²) in [5.41, 5.74) is 3.63. The SMILES string of the molecule is CN(C)c1ccc(-c2cc3c(N4CC[C@@](C#N)(C5CC5)C4=O)ccnn3c2)nc1. The number of rotatable bonds is 4. The Morgan fingerprint density at radius 1 is 1.28 bits per heavy atom. The zero-order valence-corrected chi connectivity index (χ0v) is 16.5. The zero-order chi connectivity index (χ0) is 20.2. The second-order valence-electron chi connectivity index (χ2n) is 8.14. The quantitative estimate of drug-likeness (QED) is 0.688. The molecule has 2 fully saturated rings. The highest BCUT2D eigenvalue weighted by molar-refractivity contribution is 6.05. The first-order chi connectivity index (χ1) is 14.0. The molecule has 0 unspecified atom stereocenters. The smallest absolute Gasteiger partial charge is 0.247 e. The number of carbonyl (C=O) groups excluding carboxylic acids is 1. The molecule has 7 nitrogen and oxygen atoms in total. The lowest BCUT2D eigenvalue weighted by Crippen LogP contribution is -2.35. The lowest BCUT2D eigenvalue weighted by molar-refractivity contribution is -0.123. The Morgan fingerprint density at radius 2 is 2.10 bits per heavy atom. The molecule has 5 rings (SSSR count). The van der Waals surface area contributed by atoms with Gasteiger partial charge in [-0.3, -0.25) is 9.78 Å². The number of hydrogen-bond acceptors (Lipinski definition) is 5. The van der Waals surface area contributed by atoms with E-state index in [9.17, 15) is 10.1 Å². The number of amides is 1. The van der Waals surface area contributed by atoms with Gasteiger partial charge in [0.2, 0.25) is 5.91 Å². The van der Waals surface area contributed by atoms with Gasteiger partial charge in [-0.2, -0.15) is 10.4 Å². The molecule has 4 heterocycles. The lowest BCUT2D eigenvalue weighted by atomic mass is 9.83. The number of nitrogens with zero attached hydrogens (tertiary/aromatic N) is 6. The Hall–Kier alpha value is -3.40. The highest BCUT2D eigenvalue weighted by Gasteiger charge is 2.56. The normalized spacial score (nSPS) is 21.6.